The van der Waals surface area contributed by atoms with Gasteiger partial charge in [-0.25, -0.2) is 4.98 Å². The van der Waals surface area contributed by atoms with E-state index in [0.717, 1.165) is 5.56 Å². The Bertz CT molecular complexity index is 1100. The van der Waals surface area contributed by atoms with Crippen LogP contribution in [0.1, 0.15) is 33.4 Å². The first-order valence-corrected chi connectivity index (χ1v) is 9.84. The average molecular weight is 417 g/mol. The first-order valence-electron chi connectivity index (χ1n) is 9.84. The minimum absolute atomic E-state index is 0.119. The number of hydrogen-bond acceptors (Lipinski definition) is 5. The maximum Gasteiger partial charge on any atom is 0.254 e. The van der Waals surface area contributed by atoms with Gasteiger partial charge in [-0.1, -0.05) is 30.3 Å². The molecule has 2 aromatic carbocycles. The van der Waals surface area contributed by atoms with E-state index in [-0.39, 0.29) is 11.8 Å². The molecule has 0 aliphatic carbocycles. The molecule has 1 N–H and O–H groups in total. The number of amides is 2. The summed E-state index contributed by atoms with van der Waals surface area (Å²) >= 11 is 0. The van der Waals surface area contributed by atoms with E-state index in [0.29, 0.717) is 28.4 Å². The molecular weight excluding hydrogens is 394 g/mol. The molecule has 4 rings (SSSR count). The molecule has 2 amide bonds. The third-order valence-electron chi connectivity index (χ3n) is 5.53. The molecule has 0 saturated heterocycles. The Morgan fingerprint density at radius 1 is 1.00 bits per heavy atom. The summed E-state index contributed by atoms with van der Waals surface area (Å²) in [6.07, 6.45) is 1.54. The van der Waals surface area contributed by atoms with Crippen LogP contribution < -0.4 is 14.8 Å². The summed E-state index contributed by atoms with van der Waals surface area (Å²) in [5.74, 6) is 0.224. The second-order valence-corrected chi connectivity index (χ2v) is 7.28. The number of fused-ring (bicyclic) bond motifs is 1. The number of carbonyl (C=O) groups excluding carboxylic acids is 2. The van der Waals surface area contributed by atoms with Crippen molar-refractivity contribution in [2.24, 2.45) is 0 Å². The molecule has 7 heteroatoms. The second-order valence-electron chi connectivity index (χ2n) is 7.28. The van der Waals surface area contributed by atoms with Crippen molar-refractivity contribution < 1.29 is 19.1 Å². The molecule has 0 bridgehead atoms. The summed E-state index contributed by atoms with van der Waals surface area (Å²) < 4.78 is 10.3. The minimum Gasteiger partial charge on any atom is -0.497 e. The summed E-state index contributed by atoms with van der Waals surface area (Å²) in [4.78, 5) is 32.4. The lowest BCUT2D eigenvalue weighted by Crippen LogP contribution is -2.44. The van der Waals surface area contributed by atoms with Crippen molar-refractivity contribution in [3.05, 3.63) is 83.6 Å². The van der Waals surface area contributed by atoms with Crippen LogP contribution in [0.4, 0.5) is 5.69 Å². The molecule has 1 aliphatic heterocycles. The maximum atomic E-state index is 13.5. The molecule has 0 spiro atoms. The van der Waals surface area contributed by atoms with Crippen LogP contribution >= 0.6 is 0 Å². The molecule has 0 saturated carbocycles. The SMILES string of the molecule is COc1ccc([C@H]2[C@H](C(=O)Nc3ccc(OC)nc3)c3ccccc3C(=O)N2C)cc1. The van der Waals surface area contributed by atoms with Gasteiger partial charge in [-0.15, -0.1) is 0 Å². The normalized spacial score (nSPS) is 17.6. The zero-order chi connectivity index (χ0) is 22.0. The fourth-order valence-electron chi connectivity index (χ4n) is 3.97. The van der Waals surface area contributed by atoms with Gasteiger partial charge in [-0.3, -0.25) is 9.59 Å². The second kappa shape index (κ2) is 8.47. The molecule has 1 aromatic heterocycles. The first kappa shape index (κ1) is 20.4. The van der Waals surface area contributed by atoms with E-state index >= 15 is 0 Å². The van der Waals surface area contributed by atoms with E-state index < -0.39 is 12.0 Å². The Balaban J connectivity index is 1.75. The molecule has 31 heavy (non-hydrogen) atoms. The Morgan fingerprint density at radius 2 is 1.74 bits per heavy atom. The number of anilines is 1. The van der Waals surface area contributed by atoms with Crippen LogP contribution in [0.15, 0.2) is 66.9 Å². The van der Waals surface area contributed by atoms with Crippen LogP contribution in [0.3, 0.4) is 0 Å². The molecule has 0 radical (unpaired) electrons. The van der Waals surface area contributed by atoms with Crippen molar-refractivity contribution in [1.82, 2.24) is 9.88 Å². The van der Waals surface area contributed by atoms with E-state index in [1.54, 1.807) is 49.5 Å². The van der Waals surface area contributed by atoms with Crippen LogP contribution in [0.5, 0.6) is 11.6 Å². The van der Waals surface area contributed by atoms with Gasteiger partial charge < -0.3 is 19.7 Å². The Morgan fingerprint density at radius 3 is 2.39 bits per heavy atom. The molecule has 1 aliphatic rings. The lowest BCUT2D eigenvalue weighted by molar-refractivity contribution is -0.119. The van der Waals surface area contributed by atoms with Crippen molar-refractivity contribution in [1.29, 1.82) is 0 Å². The van der Waals surface area contributed by atoms with Crippen LogP contribution in [0, 0.1) is 0 Å². The summed E-state index contributed by atoms with van der Waals surface area (Å²) in [6.45, 7) is 0. The van der Waals surface area contributed by atoms with Gasteiger partial charge in [-0.05, 0) is 35.4 Å². The van der Waals surface area contributed by atoms with Gasteiger partial charge >= 0.3 is 0 Å². The zero-order valence-electron chi connectivity index (χ0n) is 17.5. The summed E-state index contributed by atoms with van der Waals surface area (Å²) in [5.41, 5.74) is 2.63. The third kappa shape index (κ3) is 3.82. The first-order chi connectivity index (χ1) is 15.0. The zero-order valence-corrected chi connectivity index (χ0v) is 17.5. The highest BCUT2D eigenvalue weighted by Crippen LogP contribution is 2.42. The minimum atomic E-state index is -0.602. The number of benzene rings is 2. The number of rotatable bonds is 5. The fraction of sp³-hybridized carbons (Fsp3) is 0.208. The fourth-order valence-corrected chi connectivity index (χ4v) is 3.97. The number of hydrogen-bond donors (Lipinski definition) is 1. The highest BCUT2D eigenvalue weighted by atomic mass is 16.5. The molecule has 158 valence electrons. The number of aromatic nitrogens is 1. The van der Waals surface area contributed by atoms with E-state index in [4.69, 9.17) is 9.47 Å². The maximum absolute atomic E-state index is 13.5. The van der Waals surface area contributed by atoms with Crippen molar-refractivity contribution in [2.45, 2.75) is 12.0 Å². The Labute approximate surface area is 180 Å². The average Bonchev–Trinajstić information content (AvgIpc) is 2.81. The Kier molecular flexibility index (Phi) is 5.58. The van der Waals surface area contributed by atoms with Crippen molar-refractivity contribution >= 4 is 17.5 Å². The van der Waals surface area contributed by atoms with Crippen molar-refractivity contribution in [3.63, 3.8) is 0 Å². The number of likely N-dealkylation sites (N-methyl/N-ethyl adjacent to an activating group) is 1. The van der Waals surface area contributed by atoms with E-state index in [9.17, 15) is 9.59 Å². The predicted molar refractivity (Wildman–Crippen MR) is 116 cm³/mol. The van der Waals surface area contributed by atoms with Crippen molar-refractivity contribution in [3.8, 4) is 11.6 Å². The van der Waals surface area contributed by atoms with Crippen LogP contribution in [-0.2, 0) is 4.79 Å². The topological polar surface area (TPSA) is 80.8 Å². The molecule has 2 heterocycles. The number of ether oxygens (including phenoxy) is 2. The van der Waals surface area contributed by atoms with Gasteiger partial charge in [0.2, 0.25) is 11.8 Å². The smallest absolute Gasteiger partial charge is 0.254 e. The number of carbonyl (C=O) groups is 2. The lowest BCUT2D eigenvalue weighted by Gasteiger charge is -2.39. The molecule has 0 unspecified atom stereocenters. The quantitative estimate of drug-likeness (QED) is 0.685. The molecule has 3 aromatic rings. The third-order valence-corrected chi connectivity index (χ3v) is 5.53. The van der Waals surface area contributed by atoms with E-state index in [2.05, 4.69) is 10.3 Å². The standard InChI is InChI=1S/C24H23N3O4/c1-27-22(15-8-11-17(30-2)12-9-15)21(18-6-4-5-7-19(18)24(27)29)23(28)26-16-10-13-20(31-3)25-14-16/h4-14,21-22H,1-3H3,(H,26,28)/t21-,22+/m1/s1. The van der Waals surface area contributed by atoms with Gasteiger partial charge in [0.15, 0.2) is 0 Å². The molecule has 2 atom stereocenters. The largest absolute Gasteiger partial charge is 0.497 e. The number of methoxy groups -OCH3 is 2. The highest BCUT2D eigenvalue weighted by Gasteiger charge is 2.42. The lowest BCUT2D eigenvalue weighted by atomic mass is 9.79. The predicted octanol–water partition coefficient (Wildman–Crippen LogP) is 3.65. The highest BCUT2D eigenvalue weighted by molar-refractivity contribution is 6.04. The summed E-state index contributed by atoms with van der Waals surface area (Å²) in [6, 6.07) is 17.6. The number of nitrogens with zero attached hydrogens (tertiary/aromatic N) is 2. The monoisotopic (exact) mass is 417 g/mol. The Hall–Kier alpha value is -3.87. The van der Waals surface area contributed by atoms with Gasteiger partial charge in [0.25, 0.3) is 5.91 Å². The van der Waals surface area contributed by atoms with E-state index in [1.165, 1.54) is 7.11 Å². The summed E-state index contributed by atoms with van der Waals surface area (Å²) in [5, 5.41) is 2.94. The molecule has 0 fully saturated rings. The van der Waals surface area contributed by atoms with E-state index in [1.807, 2.05) is 36.4 Å². The van der Waals surface area contributed by atoms with Gasteiger partial charge in [-0.2, -0.15) is 0 Å². The van der Waals surface area contributed by atoms with Crippen LogP contribution in [0.25, 0.3) is 0 Å². The van der Waals surface area contributed by atoms with Gasteiger partial charge in [0.1, 0.15) is 5.75 Å². The number of pyridine rings is 1. The van der Waals surface area contributed by atoms with Crippen molar-refractivity contribution in [2.75, 3.05) is 26.6 Å². The molecule has 7 nitrogen and oxygen atoms in total. The van der Waals surface area contributed by atoms with Gasteiger partial charge in [0.05, 0.1) is 38.1 Å². The molecular formula is C24H23N3O4. The number of nitrogens with one attached hydrogen (secondary N) is 1. The van der Waals surface area contributed by atoms with Gasteiger partial charge in [0, 0.05) is 18.7 Å². The van der Waals surface area contributed by atoms with Crippen LogP contribution in [-0.4, -0.2) is 43.0 Å². The van der Waals surface area contributed by atoms with Crippen LogP contribution in [0.2, 0.25) is 0 Å². The summed E-state index contributed by atoms with van der Waals surface area (Å²) in [7, 11) is 4.86.